The minimum absolute atomic E-state index is 0.465. The van der Waals surface area contributed by atoms with Gasteiger partial charge in [0.05, 0.1) is 5.92 Å². The standard InChI is InChI=1S/C16H17NO2S/c1-11-6-5-9-14(15(11)17)20-10-13(16(18)19)12-7-3-2-4-8-12/h2-9,13H,10,17H2,1H3,(H,18,19). The number of carboxylic acid groups (broad SMARTS) is 1. The number of anilines is 1. The molecule has 0 heterocycles. The Kier molecular flexibility index (Phi) is 4.69. The van der Waals surface area contributed by atoms with Crippen molar-refractivity contribution in [1.82, 2.24) is 0 Å². The molecule has 0 amide bonds. The number of rotatable bonds is 5. The molecular weight excluding hydrogens is 270 g/mol. The number of benzene rings is 2. The van der Waals surface area contributed by atoms with E-state index < -0.39 is 11.9 Å². The predicted octanol–water partition coefficient (Wildman–Crippen LogP) is 3.54. The summed E-state index contributed by atoms with van der Waals surface area (Å²) in [6.45, 7) is 1.95. The van der Waals surface area contributed by atoms with Gasteiger partial charge in [-0.1, -0.05) is 42.5 Å². The van der Waals surface area contributed by atoms with Crippen LogP contribution in [0.15, 0.2) is 53.4 Å². The molecule has 1 atom stereocenters. The first-order valence-electron chi connectivity index (χ1n) is 6.35. The molecule has 2 rings (SSSR count). The molecule has 0 aliphatic heterocycles. The molecule has 0 aromatic heterocycles. The summed E-state index contributed by atoms with van der Waals surface area (Å²) >= 11 is 1.49. The van der Waals surface area contributed by atoms with Gasteiger partial charge in [0, 0.05) is 16.3 Å². The summed E-state index contributed by atoms with van der Waals surface area (Å²) in [4.78, 5) is 12.4. The molecule has 2 aromatic carbocycles. The van der Waals surface area contributed by atoms with E-state index in [0.29, 0.717) is 5.75 Å². The Bertz CT molecular complexity index is 599. The monoisotopic (exact) mass is 287 g/mol. The predicted molar refractivity (Wildman–Crippen MR) is 83.1 cm³/mol. The minimum Gasteiger partial charge on any atom is -0.481 e. The lowest BCUT2D eigenvalue weighted by molar-refractivity contribution is -0.138. The smallest absolute Gasteiger partial charge is 0.311 e. The Morgan fingerprint density at radius 3 is 2.55 bits per heavy atom. The van der Waals surface area contributed by atoms with Crippen molar-refractivity contribution in [1.29, 1.82) is 0 Å². The summed E-state index contributed by atoms with van der Waals surface area (Å²) in [6, 6.07) is 15.1. The van der Waals surface area contributed by atoms with Gasteiger partial charge in [-0.15, -0.1) is 11.8 Å². The van der Waals surface area contributed by atoms with Crippen LogP contribution in [0.5, 0.6) is 0 Å². The van der Waals surface area contributed by atoms with Crippen molar-refractivity contribution in [3.8, 4) is 0 Å². The number of carbonyl (C=O) groups is 1. The second-order valence-electron chi connectivity index (χ2n) is 4.60. The van der Waals surface area contributed by atoms with E-state index in [1.807, 2.05) is 55.5 Å². The molecule has 3 N–H and O–H groups in total. The van der Waals surface area contributed by atoms with Gasteiger partial charge in [0.2, 0.25) is 0 Å². The molecule has 104 valence electrons. The van der Waals surface area contributed by atoms with Gasteiger partial charge in [-0.25, -0.2) is 0 Å². The van der Waals surface area contributed by atoms with Crippen molar-refractivity contribution in [3.63, 3.8) is 0 Å². The summed E-state index contributed by atoms with van der Waals surface area (Å²) in [5, 5.41) is 9.38. The first-order chi connectivity index (χ1) is 9.59. The number of thioether (sulfide) groups is 1. The zero-order valence-corrected chi connectivity index (χ0v) is 12.1. The van der Waals surface area contributed by atoms with Gasteiger partial charge < -0.3 is 10.8 Å². The van der Waals surface area contributed by atoms with Gasteiger partial charge >= 0.3 is 5.97 Å². The van der Waals surface area contributed by atoms with E-state index >= 15 is 0 Å². The van der Waals surface area contributed by atoms with E-state index in [1.54, 1.807) is 0 Å². The third-order valence-electron chi connectivity index (χ3n) is 3.19. The lowest BCUT2D eigenvalue weighted by atomic mass is 10.0. The summed E-state index contributed by atoms with van der Waals surface area (Å²) in [5.41, 5.74) is 8.58. The SMILES string of the molecule is Cc1cccc(SCC(C(=O)O)c2ccccc2)c1N. The molecule has 0 radical (unpaired) electrons. The molecule has 0 spiro atoms. The average Bonchev–Trinajstić information content (AvgIpc) is 2.44. The highest BCUT2D eigenvalue weighted by Gasteiger charge is 2.20. The second-order valence-corrected chi connectivity index (χ2v) is 5.66. The number of hydrogen-bond donors (Lipinski definition) is 2. The van der Waals surface area contributed by atoms with E-state index in [9.17, 15) is 9.90 Å². The van der Waals surface area contributed by atoms with Crippen LogP contribution in [0, 0.1) is 6.92 Å². The molecular formula is C16H17NO2S. The molecule has 0 aliphatic rings. The maximum absolute atomic E-state index is 11.4. The lowest BCUT2D eigenvalue weighted by Crippen LogP contribution is -2.14. The number of hydrogen-bond acceptors (Lipinski definition) is 3. The third-order valence-corrected chi connectivity index (χ3v) is 4.36. The number of carboxylic acids is 1. The first-order valence-corrected chi connectivity index (χ1v) is 7.34. The van der Waals surface area contributed by atoms with Crippen molar-refractivity contribution in [2.24, 2.45) is 0 Å². The van der Waals surface area contributed by atoms with Crippen molar-refractivity contribution in [3.05, 3.63) is 59.7 Å². The molecule has 3 nitrogen and oxygen atoms in total. The number of aliphatic carboxylic acids is 1. The lowest BCUT2D eigenvalue weighted by Gasteiger charge is -2.14. The van der Waals surface area contributed by atoms with Crippen LogP contribution in [0.3, 0.4) is 0 Å². The first kappa shape index (κ1) is 14.5. The molecule has 2 aromatic rings. The molecule has 0 saturated heterocycles. The van der Waals surface area contributed by atoms with Gasteiger partial charge in [0.25, 0.3) is 0 Å². The van der Waals surface area contributed by atoms with Crippen LogP contribution in [-0.4, -0.2) is 16.8 Å². The Morgan fingerprint density at radius 2 is 1.90 bits per heavy atom. The number of nitrogens with two attached hydrogens (primary N) is 1. The highest BCUT2D eigenvalue weighted by Crippen LogP contribution is 2.31. The van der Waals surface area contributed by atoms with Gasteiger partial charge in [-0.3, -0.25) is 4.79 Å². The molecule has 0 bridgehead atoms. The van der Waals surface area contributed by atoms with Crippen molar-refractivity contribution in [2.75, 3.05) is 11.5 Å². The Balaban J connectivity index is 2.14. The van der Waals surface area contributed by atoms with E-state index in [1.165, 1.54) is 11.8 Å². The minimum atomic E-state index is -0.810. The number of nitrogen functional groups attached to an aromatic ring is 1. The number of aryl methyl sites for hydroxylation is 1. The molecule has 1 unspecified atom stereocenters. The highest BCUT2D eigenvalue weighted by molar-refractivity contribution is 7.99. The average molecular weight is 287 g/mol. The van der Waals surface area contributed by atoms with Gasteiger partial charge in [-0.2, -0.15) is 0 Å². The zero-order valence-electron chi connectivity index (χ0n) is 11.2. The van der Waals surface area contributed by atoms with Crippen LogP contribution in [0.4, 0.5) is 5.69 Å². The molecule has 20 heavy (non-hydrogen) atoms. The Labute approximate surface area is 122 Å². The normalized spacial score (nSPS) is 12.1. The molecule has 0 saturated carbocycles. The second kappa shape index (κ2) is 6.48. The van der Waals surface area contributed by atoms with Crippen LogP contribution >= 0.6 is 11.8 Å². The van der Waals surface area contributed by atoms with Crippen molar-refractivity contribution < 1.29 is 9.90 Å². The fourth-order valence-electron chi connectivity index (χ4n) is 1.95. The summed E-state index contributed by atoms with van der Waals surface area (Å²) < 4.78 is 0. The third kappa shape index (κ3) is 3.33. The van der Waals surface area contributed by atoms with Gasteiger partial charge in [0.15, 0.2) is 0 Å². The van der Waals surface area contributed by atoms with Crippen LogP contribution in [0.1, 0.15) is 17.0 Å². The van der Waals surface area contributed by atoms with Crippen LogP contribution in [0.2, 0.25) is 0 Å². The summed E-state index contributed by atoms with van der Waals surface area (Å²) in [6.07, 6.45) is 0. The highest BCUT2D eigenvalue weighted by atomic mass is 32.2. The fraction of sp³-hybridized carbons (Fsp3) is 0.188. The van der Waals surface area contributed by atoms with Crippen LogP contribution < -0.4 is 5.73 Å². The molecule has 4 heteroatoms. The largest absolute Gasteiger partial charge is 0.481 e. The van der Waals surface area contributed by atoms with Gasteiger partial charge in [0.1, 0.15) is 0 Å². The van der Waals surface area contributed by atoms with Crippen molar-refractivity contribution >= 4 is 23.4 Å². The fourth-order valence-corrected chi connectivity index (χ4v) is 3.12. The summed E-state index contributed by atoms with van der Waals surface area (Å²) in [5.74, 6) is -0.872. The van der Waals surface area contributed by atoms with Crippen LogP contribution in [-0.2, 0) is 4.79 Å². The number of para-hydroxylation sites is 1. The van der Waals surface area contributed by atoms with E-state index in [-0.39, 0.29) is 0 Å². The van der Waals surface area contributed by atoms with E-state index in [0.717, 1.165) is 21.7 Å². The quantitative estimate of drug-likeness (QED) is 0.652. The maximum Gasteiger partial charge on any atom is 0.311 e. The topological polar surface area (TPSA) is 63.3 Å². The Morgan fingerprint density at radius 1 is 1.20 bits per heavy atom. The van der Waals surface area contributed by atoms with Crippen LogP contribution in [0.25, 0.3) is 0 Å². The molecule has 0 fully saturated rings. The Hall–Kier alpha value is -1.94. The summed E-state index contributed by atoms with van der Waals surface area (Å²) in [7, 11) is 0. The van der Waals surface area contributed by atoms with E-state index in [4.69, 9.17) is 5.73 Å². The van der Waals surface area contributed by atoms with E-state index in [2.05, 4.69) is 0 Å². The van der Waals surface area contributed by atoms with Gasteiger partial charge in [-0.05, 0) is 24.1 Å². The molecule has 0 aliphatic carbocycles. The zero-order chi connectivity index (χ0) is 14.5. The maximum atomic E-state index is 11.4. The van der Waals surface area contributed by atoms with Crippen molar-refractivity contribution in [2.45, 2.75) is 17.7 Å².